The van der Waals surface area contributed by atoms with Gasteiger partial charge in [-0.3, -0.25) is 5.10 Å². The molecule has 0 atom stereocenters. The zero-order chi connectivity index (χ0) is 13.2. The lowest BCUT2D eigenvalue weighted by molar-refractivity contribution is 0.386. The van der Waals surface area contributed by atoms with Crippen LogP contribution in [0.2, 0.25) is 0 Å². The fourth-order valence-electron chi connectivity index (χ4n) is 1.72. The van der Waals surface area contributed by atoms with Gasteiger partial charge in [0.05, 0.1) is 12.0 Å². The van der Waals surface area contributed by atoms with Gasteiger partial charge in [0, 0.05) is 5.56 Å². The minimum absolute atomic E-state index is 0.206. The van der Waals surface area contributed by atoms with Gasteiger partial charge in [-0.15, -0.1) is 11.3 Å². The lowest BCUT2D eigenvalue weighted by atomic mass is 10.2. The number of halogens is 1. The summed E-state index contributed by atoms with van der Waals surface area (Å²) in [5.74, 6) is 0.923. The summed E-state index contributed by atoms with van der Waals surface area (Å²) in [4.78, 5) is 5.35. The number of nitrogens with one attached hydrogen (secondary N) is 1. The fourth-order valence-corrected chi connectivity index (χ4v) is 2.38. The standard InChI is InChI=1S/C13H10FN3OS/c1-18-10-5-4-8(7-9(10)14)12-15-13(17-16-12)11-3-2-6-19-11/h2-7H,1H3,(H,15,16,17). The van der Waals surface area contributed by atoms with Gasteiger partial charge in [0.2, 0.25) is 0 Å². The molecular weight excluding hydrogens is 265 g/mol. The molecule has 2 heterocycles. The number of H-pyrrole nitrogens is 1. The molecule has 0 amide bonds. The second kappa shape index (κ2) is 4.81. The van der Waals surface area contributed by atoms with Crippen LogP contribution in [0.4, 0.5) is 4.39 Å². The molecule has 0 spiro atoms. The molecule has 0 aliphatic rings. The number of aromatic amines is 1. The van der Waals surface area contributed by atoms with Crippen LogP contribution in [0, 0.1) is 5.82 Å². The Morgan fingerprint density at radius 3 is 2.89 bits per heavy atom. The highest BCUT2D eigenvalue weighted by Crippen LogP contribution is 2.26. The molecule has 19 heavy (non-hydrogen) atoms. The maximum Gasteiger partial charge on any atom is 0.181 e. The summed E-state index contributed by atoms with van der Waals surface area (Å²) >= 11 is 1.57. The zero-order valence-corrected chi connectivity index (χ0v) is 10.9. The first-order chi connectivity index (χ1) is 9.28. The molecule has 0 fully saturated rings. The number of nitrogens with zero attached hydrogens (tertiary/aromatic N) is 2. The van der Waals surface area contributed by atoms with Gasteiger partial charge in [-0.25, -0.2) is 9.37 Å². The molecule has 3 rings (SSSR count). The van der Waals surface area contributed by atoms with E-state index in [0.29, 0.717) is 17.2 Å². The monoisotopic (exact) mass is 275 g/mol. The molecule has 6 heteroatoms. The van der Waals surface area contributed by atoms with E-state index in [1.54, 1.807) is 23.5 Å². The van der Waals surface area contributed by atoms with E-state index in [2.05, 4.69) is 15.2 Å². The van der Waals surface area contributed by atoms with Gasteiger partial charge >= 0.3 is 0 Å². The highest BCUT2D eigenvalue weighted by atomic mass is 32.1. The predicted molar refractivity (Wildman–Crippen MR) is 71.6 cm³/mol. The van der Waals surface area contributed by atoms with Crippen molar-refractivity contribution in [1.82, 2.24) is 15.2 Å². The molecule has 0 aliphatic heterocycles. The van der Waals surface area contributed by atoms with E-state index >= 15 is 0 Å². The summed E-state index contributed by atoms with van der Waals surface area (Å²) in [5, 5.41) is 8.92. The smallest absolute Gasteiger partial charge is 0.181 e. The van der Waals surface area contributed by atoms with Crippen LogP contribution in [0.15, 0.2) is 35.7 Å². The maximum atomic E-state index is 13.6. The molecule has 0 unspecified atom stereocenters. The van der Waals surface area contributed by atoms with E-state index in [9.17, 15) is 4.39 Å². The quantitative estimate of drug-likeness (QED) is 0.797. The van der Waals surface area contributed by atoms with Crippen molar-refractivity contribution in [3.05, 3.63) is 41.5 Å². The number of thiophene rings is 1. The minimum atomic E-state index is -0.428. The third-order valence-electron chi connectivity index (χ3n) is 2.65. The highest BCUT2D eigenvalue weighted by molar-refractivity contribution is 7.13. The van der Waals surface area contributed by atoms with Gasteiger partial charge in [0.1, 0.15) is 0 Å². The maximum absolute atomic E-state index is 13.6. The van der Waals surface area contributed by atoms with Gasteiger partial charge in [-0.1, -0.05) is 6.07 Å². The number of benzene rings is 1. The van der Waals surface area contributed by atoms with Crippen LogP contribution in [0.25, 0.3) is 22.1 Å². The molecule has 0 aliphatic carbocycles. The zero-order valence-electron chi connectivity index (χ0n) is 10.1. The topological polar surface area (TPSA) is 50.8 Å². The Morgan fingerprint density at radius 1 is 1.32 bits per heavy atom. The average molecular weight is 275 g/mol. The Labute approximate surface area is 112 Å². The first kappa shape index (κ1) is 11.9. The van der Waals surface area contributed by atoms with Crippen molar-refractivity contribution in [3.8, 4) is 27.8 Å². The van der Waals surface area contributed by atoms with Crippen molar-refractivity contribution in [2.45, 2.75) is 0 Å². The van der Waals surface area contributed by atoms with Crippen LogP contribution >= 0.6 is 11.3 Å². The van der Waals surface area contributed by atoms with Crippen LogP contribution in [-0.2, 0) is 0 Å². The Bertz CT molecular complexity index is 694. The molecule has 3 aromatic rings. The molecule has 0 radical (unpaired) electrons. The number of ether oxygens (including phenoxy) is 1. The molecule has 2 aromatic heterocycles. The normalized spacial score (nSPS) is 10.6. The van der Waals surface area contributed by atoms with Crippen LogP contribution in [0.3, 0.4) is 0 Å². The summed E-state index contributed by atoms with van der Waals surface area (Å²) in [6.07, 6.45) is 0. The van der Waals surface area contributed by atoms with Crippen LogP contribution < -0.4 is 4.74 Å². The summed E-state index contributed by atoms with van der Waals surface area (Å²) in [6.45, 7) is 0. The van der Waals surface area contributed by atoms with Gasteiger partial charge in [-0.2, -0.15) is 5.10 Å². The van der Waals surface area contributed by atoms with Crippen molar-refractivity contribution in [2.24, 2.45) is 0 Å². The minimum Gasteiger partial charge on any atom is -0.494 e. The van der Waals surface area contributed by atoms with Crippen LogP contribution in [0.1, 0.15) is 0 Å². The van der Waals surface area contributed by atoms with Crippen molar-refractivity contribution >= 4 is 11.3 Å². The van der Waals surface area contributed by atoms with Crippen molar-refractivity contribution in [1.29, 1.82) is 0 Å². The first-order valence-corrected chi connectivity index (χ1v) is 6.46. The van der Waals surface area contributed by atoms with E-state index < -0.39 is 5.82 Å². The van der Waals surface area contributed by atoms with Crippen molar-refractivity contribution in [2.75, 3.05) is 7.11 Å². The SMILES string of the molecule is COc1ccc(-c2n[nH]c(-c3cccs3)n2)cc1F. The molecular formula is C13H10FN3OS. The highest BCUT2D eigenvalue weighted by Gasteiger charge is 2.11. The number of methoxy groups -OCH3 is 1. The number of rotatable bonds is 3. The lowest BCUT2D eigenvalue weighted by Crippen LogP contribution is -1.89. The molecule has 0 bridgehead atoms. The van der Waals surface area contributed by atoms with Crippen molar-refractivity contribution < 1.29 is 9.13 Å². The summed E-state index contributed by atoms with van der Waals surface area (Å²) in [6, 6.07) is 8.54. The second-order valence-corrected chi connectivity index (χ2v) is 4.78. The summed E-state index contributed by atoms with van der Waals surface area (Å²) in [5.41, 5.74) is 0.609. The van der Waals surface area contributed by atoms with Gasteiger partial charge < -0.3 is 4.74 Å². The molecule has 0 saturated carbocycles. The second-order valence-electron chi connectivity index (χ2n) is 3.83. The van der Waals surface area contributed by atoms with Crippen molar-refractivity contribution in [3.63, 3.8) is 0 Å². The fraction of sp³-hybridized carbons (Fsp3) is 0.0769. The van der Waals surface area contributed by atoms with Gasteiger partial charge in [0.15, 0.2) is 23.2 Å². The summed E-state index contributed by atoms with van der Waals surface area (Å²) in [7, 11) is 1.43. The lowest BCUT2D eigenvalue weighted by Gasteiger charge is -2.02. The molecule has 96 valence electrons. The number of hydrogen-bond donors (Lipinski definition) is 1. The van der Waals surface area contributed by atoms with E-state index in [1.165, 1.54) is 13.2 Å². The largest absolute Gasteiger partial charge is 0.494 e. The first-order valence-electron chi connectivity index (χ1n) is 5.58. The number of hydrogen-bond acceptors (Lipinski definition) is 4. The Kier molecular flexibility index (Phi) is 3.00. The number of aromatic nitrogens is 3. The summed E-state index contributed by atoms with van der Waals surface area (Å²) < 4.78 is 18.5. The van der Waals surface area contributed by atoms with Gasteiger partial charge in [-0.05, 0) is 29.6 Å². The van der Waals surface area contributed by atoms with E-state index in [4.69, 9.17) is 4.74 Å². The molecule has 1 N–H and O–H groups in total. The van der Waals surface area contributed by atoms with E-state index in [0.717, 1.165) is 4.88 Å². The van der Waals surface area contributed by atoms with Gasteiger partial charge in [0.25, 0.3) is 0 Å². The Hall–Kier alpha value is -2.21. The molecule has 4 nitrogen and oxygen atoms in total. The third-order valence-corrected chi connectivity index (χ3v) is 3.53. The third kappa shape index (κ3) is 2.22. The predicted octanol–water partition coefficient (Wildman–Crippen LogP) is 3.35. The van der Waals surface area contributed by atoms with E-state index in [-0.39, 0.29) is 5.75 Å². The Balaban J connectivity index is 1.97. The van der Waals surface area contributed by atoms with E-state index in [1.807, 2.05) is 17.5 Å². The molecule has 0 saturated heterocycles. The Morgan fingerprint density at radius 2 is 2.21 bits per heavy atom. The molecule has 1 aromatic carbocycles. The van der Waals surface area contributed by atoms with Crippen LogP contribution in [-0.4, -0.2) is 22.3 Å². The van der Waals surface area contributed by atoms with Crippen LogP contribution in [0.5, 0.6) is 5.75 Å². The average Bonchev–Trinajstić information content (AvgIpc) is 3.09.